The van der Waals surface area contributed by atoms with Gasteiger partial charge in [0, 0.05) is 5.02 Å². The van der Waals surface area contributed by atoms with Crippen LogP contribution in [-0.4, -0.2) is 31.3 Å². The molecule has 4 aromatic rings. The number of rotatable bonds is 9. The van der Waals surface area contributed by atoms with Crippen LogP contribution in [0.3, 0.4) is 0 Å². The first-order valence-corrected chi connectivity index (χ1v) is 11.6. The average Bonchev–Trinajstić information content (AvgIpc) is 2.89. The van der Waals surface area contributed by atoms with Crippen molar-refractivity contribution in [3.8, 4) is 17.2 Å². The molecule has 0 heterocycles. The maximum atomic E-state index is 12.4. The molecule has 0 aromatic heterocycles. The van der Waals surface area contributed by atoms with Gasteiger partial charge in [-0.25, -0.2) is 10.2 Å². The van der Waals surface area contributed by atoms with Crippen LogP contribution in [0.15, 0.2) is 90.0 Å². The topological polar surface area (TPSA) is 86.2 Å². The van der Waals surface area contributed by atoms with Gasteiger partial charge in [-0.05, 0) is 77.9 Å². The third-order valence-electron chi connectivity index (χ3n) is 5.04. The zero-order valence-electron chi connectivity index (χ0n) is 19.4. The van der Waals surface area contributed by atoms with E-state index in [1.165, 1.54) is 6.21 Å². The fraction of sp³-hybridized carbons (Fsp3) is 0.107. The van der Waals surface area contributed by atoms with Crippen molar-refractivity contribution >= 4 is 40.5 Å². The lowest BCUT2D eigenvalue weighted by Gasteiger charge is -2.11. The summed E-state index contributed by atoms with van der Waals surface area (Å²) in [6.07, 6.45) is 1.46. The van der Waals surface area contributed by atoms with Gasteiger partial charge in [0.1, 0.15) is 5.75 Å². The van der Waals surface area contributed by atoms with Gasteiger partial charge < -0.3 is 14.2 Å². The molecule has 0 aliphatic heterocycles. The van der Waals surface area contributed by atoms with Gasteiger partial charge >= 0.3 is 5.97 Å². The summed E-state index contributed by atoms with van der Waals surface area (Å²) in [6.45, 7) is 2.01. The number of hydrogen-bond donors (Lipinski definition) is 1. The first-order chi connectivity index (χ1) is 17.5. The van der Waals surface area contributed by atoms with Gasteiger partial charge in [0.15, 0.2) is 18.1 Å². The third-order valence-corrected chi connectivity index (χ3v) is 5.30. The van der Waals surface area contributed by atoms with Gasteiger partial charge in [-0.15, -0.1) is 0 Å². The molecule has 0 aliphatic rings. The van der Waals surface area contributed by atoms with Crippen LogP contribution in [0, 0.1) is 0 Å². The van der Waals surface area contributed by atoms with Crippen molar-refractivity contribution in [3.63, 3.8) is 0 Å². The summed E-state index contributed by atoms with van der Waals surface area (Å²) in [5, 5.41) is 6.62. The molecule has 1 N–H and O–H groups in total. The number of nitrogens with one attached hydrogen (secondary N) is 1. The Balaban J connectivity index is 1.34. The van der Waals surface area contributed by atoms with E-state index in [2.05, 4.69) is 10.5 Å². The highest BCUT2D eigenvalue weighted by atomic mass is 35.5. The van der Waals surface area contributed by atoms with E-state index in [9.17, 15) is 9.59 Å². The highest BCUT2D eigenvalue weighted by Crippen LogP contribution is 2.29. The number of ether oxygens (including phenoxy) is 3. The molecule has 36 heavy (non-hydrogen) atoms. The second kappa shape index (κ2) is 11.9. The molecule has 0 fully saturated rings. The maximum Gasteiger partial charge on any atom is 0.343 e. The standard InChI is InChI=1S/C28H23ClN2O5/c1-2-34-26-15-19(7-14-25(26)36-28(33)21-8-11-23(29)12-9-21)17-30-31-27(32)18-35-24-13-10-20-5-3-4-6-22(20)16-24/h3-17H,2,18H2,1H3,(H,31,32)/b30-17+. The Bertz CT molecular complexity index is 1400. The van der Waals surface area contributed by atoms with Crippen molar-refractivity contribution in [1.29, 1.82) is 0 Å². The largest absolute Gasteiger partial charge is 0.490 e. The van der Waals surface area contributed by atoms with Crippen LogP contribution in [-0.2, 0) is 4.79 Å². The van der Waals surface area contributed by atoms with Crippen LogP contribution in [0.5, 0.6) is 17.2 Å². The summed E-state index contributed by atoms with van der Waals surface area (Å²) in [5.74, 6) is 0.292. The molecule has 4 aromatic carbocycles. The summed E-state index contributed by atoms with van der Waals surface area (Å²) in [7, 11) is 0. The highest BCUT2D eigenvalue weighted by Gasteiger charge is 2.13. The number of carbonyl (C=O) groups excluding carboxylic acids is 2. The molecular weight excluding hydrogens is 480 g/mol. The average molecular weight is 503 g/mol. The Morgan fingerprint density at radius 3 is 2.44 bits per heavy atom. The molecule has 0 aliphatic carbocycles. The fourth-order valence-electron chi connectivity index (χ4n) is 3.32. The second-order valence-corrected chi connectivity index (χ2v) is 8.06. The van der Waals surface area contributed by atoms with Gasteiger partial charge in [-0.2, -0.15) is 5.10 Å². The predicted molar refractivity (Wildman–Crippen MR) is 139 cm³/mol. The molecule has 0 atom stereocenters. The van der Waals surface area contributed by atoms with Gasteiger partial charge in [0.2, 0.25) is 0 Å². The molecule has 1 amide bonds. The van der Waals surface area contributed by atoms with Crippen molar-refractivity contribution < 1.29 is 23.8 Å². The summed E-state index contributed by atoms with van der Waals surface area (Å²) in [5.41, 5.74) is 3.43. The lowest BCUT2D eigenvalue weighted by molar-refractivity contribution is -0.123. The minimum atomic E-state index is -0.535. The van der Waals surface area contributed by atoms with Crippen molar-refractivity contribution in [1.82, 2.24) is 5.43 Å². The number of halogens is 1. The number of hydrogen-bond acceptors (Lipinski definition) is 6. The van der Waals surface area contributed by atoms with Gasteiger partial charge in [0.05, 0.1) is 18.4 Å². The van der Waals surface area contributed by atoms with E-state index in [0.29, 0.717) is 34.3 Å². The van der Waals surface area contributed by atoms with Crippen LogP contribution in [0.4, 0.5) is 0 Å². The molecule has 4 rings (SSSR count). The van der Waals surface area contributed by atoms with E-state index in [4.69, 9.17) is 25.8 Å². The quantitative estimate of drug-likeness (QED) is 0.138. The SMILES string of the molecule is CCOc1cc(/C=N/NC(=O)COc2ccc3ccccc3c2)ccc1OC(=O)c1ccc(Cl)cc1. The van der Waals surface area contributed by atoms with Gasteiger partial charge in [-0.1, -0.05) is 41.9 Å². The van der Waals surface area contributed by atoms with Crippen LogP contribution in [0.2, 0.25) is 5.02 Å². The first-order valence-electron chi connectivity index (χ1n) is 11.2. The molecule has 7 nitrogen and oxygen atoms in total. The maximum absolute atomic E-state index is 12.4. The Morgan fingerprint density at radius 1 is 0.889 bits per heavy atom. The number of fused-ring (bicyclic) bond motifs is 1. The lowest BCUT2D eigenvalue weighted by atomic mass is 10.1. The number of nitrogens with zero attached hydrogens (tertiary/aromatic N) is 1. The second-order valence-electron chi connectivity index (χ2n) is 7.63. The van der Waals surface area contributed by atoms with E-state index in [1.807, 2.05) is 49.4 Å². The molecule has 0 saturated carbocycles. The van der Waals surface area contributed by atoms with Gasteiger partial charge in [0.25, 0.3) is 5.91 Å². The number of carbonyl (C=O) groups is 2. The number of benzene rings is 4. The number of esters is 1. The van der Waals surface area contributed by atoms with E-state index < -0.39 is 11.9 Å². The van der Waals surface area contributed by atoms with E-state index in [-0.39, 0.29) is 12.4 Å². The summed E-state index contributed by atoms with van der Waals surface area (Å²) < 4.78 is 16.7. The van der Waals surface area contributed by atoms with E-state index in [0.717, 1.165) is 10.8 Å². The van der Waals surface area contributed by atoms with Crippen molar-refractivity contribution in [2.24, 2.45) is 5.10 Å². The molecule has 0 radical (unpaired) electrons. The predicted octanol–water partition coefficient (Wildman–Crippen LogP) is 5.64. The zero-order valence-corrected chi connectivity index (χ0v) is 20.2. The Morgan fingerprint density at radius 2 is 1.67 bits per heavy atom. The third kappa shape index (κ3) is 6.61. The van der Waals surface area contributed by atoms with Crippen molar-refractivity contribution in [3.05, 3.63) is 101 Å². The lowest BCUT2D eigenvalue weighted by Crippen LogP contribution is -2.24. The van der Waals surface area contributed by atoms with Crippen LogP contribution < -0.4 is 19.6 Å². The molecule has 0 bridgehead atoms. The Hall–Kier alpha value is -4.36. The van der Waals surface area contributed by atoms with Crippen molar-refractivity contribution in [2.75, 3.05) is 13.2 Å². The zero-order chi connectivity index (χ0) is 25.3. The van der Waals surface area contributed by atoms with E-state index in [1.54, 1.807) is 42.5 Å². The molecule has 0 spiro atoms. The van der Waals surface area contributed by atoms with Crippen LogP contribution in [0.25, 0.3) is 10.8 Å². The monoisotopic (exact) mass is 502 g/mol. The van der Waals surface area contributed by atoms with Gasteiger partial charge in [-0.3, -0.25) is 4.79 Å². The summed E-state index contributed by atoms with van der Waals surface area (Å²) >= 11 is 5.87. The molecule has 0 saturated heterocycles. The Kier molecular flexibility index (Phi) is 8.16. The van der Waals surface area contributed by atoms with Crippen LogP contribution >= 0.6 is 11.6 Å². The number of hydrazone groups is 1. The fourth-order valence-corrected chi connectivity index (χ4v) is 3.45. The molecule has 0 unspecified atom stereocenters. The smallest absolute Gasteiger partial charge is 0.343 e. The summed E-state index contributed by atoms with van der Waals surface area (Å²) in [6, 6.07) is 24.9. The molecule has 8 heteroatoms. The minimum absolute atomic E-state index is 0.181. The van der Waals surface area contributed by atoms with Crippen molar-refractivity contribution in [2.45, 2.75) is 6.92 Å². The Labute approximate surface area is 213 Å². The van der Waals surface area contributed by atoms with Crippen LogP contribution in [0.1, 0.15) is 22.8 Å². The summed E-state index contributed by atoms with van der Waals surface area (Å²) in [4.78, 5) is 24.6. The van der Waals surface area contributed by atoms with E-state index >= 15 is 0 Å². The number of amides is 1. The minimum Gasteiger partial charge on any atom is -0.490 e. The molecular formula is C28H23ClN2O5. The normalized spacial score (nSPS) is 10.8. The first kappa shape index (κ1) is 24.8. The molecule has 182 valence electrons. The highest BCUT2D eigenvalue weighted by molar-refractivity contribution is 6.30.